The van der Waals surface area contributed by atoms with E-state index in [1.807, 2.05) is 0 Å². The Balaban J connectivity index is 0.000000129. The van der Waals surface area contributed by atoms with Gasteiger partial charge >= 0.3 is 29.6 Å². The average Bonchev–Trinajstić information content (AvgIpc) is 1.52. The van der Waals surface area contributed by atoms with Crippen molar-refractivity contribution in [3.8, 4) is 106 Å². The third-order valence-corrected chi connectivity index (χ3v) is 20.0. The third-order valence-electron chi connectivity index (χ3n) is 20.0. The molecule has 4 heteroatoms. The second-order valence-corrected chi connectivity index (χ2v) is 25.4. The maximum Gasteiger partial charge on any atom is 1.00 e. The van der Waals surface area contributed by atoms with Crippen molar-refractivity contribution in [3.63, 3.8) is 0 Å². The monoisotopic (exact) mass is 1250 g/mol. The molecule has 0 atom stereocenters. The second-order valence-electron chi connectivity index (χ2n) is 25.4. The Bertz CT molecular complexity index is 5870. The minimum Gasteiger partial charge on any atom is -1.00 e. The molecule has 0 N–H and O–H groups in total. The first-order valence-corrected chi connectivity index (χ1v) is 33.6. The van der Waals surface area contributed by atoms with E-state index in [9.17, 15) is 4.39 Å². The Labute approximate surface area is 588 Å². The van der Waals surface area contributed by atoms with Crippen LogP contribution in [0.25, 0.3) is 171 Å². The summed E-state index contributed by atoms with van der Waals surface area (Å²) in [5, 5.41) is 13.2. The van der Waals surface area contributed by atoms with Gasteiger partial charge in [-0.1, -0.05) is 285 Å². The predicted molar refractivity (Wildman–Crippen MR) is 404 cm³/mol. The Morgan fingerprint density at radius 1 is 0.268 bits per heavy atom. The van der Waals surface area contributed by atoms with Crippen molar-refractivity contribution in [2.24, 2.45) is 0 Å². The van der Waals surface area contributed by atoms with Crippen LogP contribution in [0.5, 0.6) is 0 Å². The molecule has 2 nitrogen and oxygen atoms in total. The second kappa shape index (κ2) is 25.4. The Morgan fingerprint density at radius 2 is 0.639 bits per heavy atom. The number of benzene rings is 16. The minimum atomic E-state index is -0.178. The number of aromatic nitrogens is 1. The van der Waals surface area contributed by atoms with Crippen molar-refractivity contribution in [1.82, 2.24) is 4.57 Å². The van der Waals surface area contributed by atoms with E-state index in [0.717, 1.165) is 19.6 Å². The zero-order valence-electron chi connectivity index (χ0n) is 54.9. The summed E-state index contributed by atoms with van der Waals surface area (Å²) in [6.45, 7) is 2.00. The van der Waals surface area contributed by atoms with Crippen LogP contribution in [0.2, 0.25) is 0 Å². The summed E-state index contributed by atoms with van der Waals surface area (Å²) in [6, 6.07) is 117. The number of nitrogens with zero attached hydrogens (tertiary/aromatic N) is 1. The van der Waals surface area contributed by atoms with E-state index < -0.39 is 0 Å². The predicted octanol–water partition coefficient (Wildman–Crippen LogP) is 22.4. The zero-order valence-corrected chi connectivity index (χ0v) is 55.9. The van der Waals surface area contributed by atoms with Gasteiger partial charge in [-0.25, -0.2) is 4.39 Å². The van der Waals surface area contributed by atoms with Gasteiger partial charge in [-0.15, -0.1) is 0 Å². The molecule has 97 heavy (non-hydrogen) atoms. The molecule has 0 bridgehead atoms. The fourth-order valence-electron chi connectivity index (χ4n) is 16.2. The quantitative estimate of drug-likeness (QED) is 0.157. The molecule has 1 fully saturated rings. The van der Waals surface area contributed by atoms with Crippen LogP contribution >= 0.6 is 0 Å². The fourth-order valence-corrected chi connectivity index (χ4v) is 16.2. The number of hydrogen-bond donors (Lipinski definition) is 0. The SMILES string of the molecule is C1CCOC1.Fc1ccccc1.[H-].[Na+].c1ccc(-c2c3c(c(-c4ccccc4)c4ccccc24)-c2cc4c(c5cccc-3c25)-c2ccccc2C4)cc1.c1ccc(-c2c3c(c(-c4ccccc4)c4ccccc24)-c2cc4c(c5cccc-3c25)c2ccccc2n4-c2ccccc2)cc1. The Hall–Kier alpha value is -10.8. The molecule has 0 spiro atoms. The number of para-hydroxylation sites is 2. The van der Waals surface area contributed by atoms with Gasteiger partial charge in [-0.05, 0) is 216 Å². The van der Waals surface area contributed by atoms with Gasteiger partial charge in [0, 0.05) is 29.7 Å². The first kappa shape index (κ1) is 60.0. The number of rotatable bonds is 5. The van der Waals surface area contributed by atoms with E-state index >= 15 is 0 Å². The van der Waals surface area contributed by atoms with Gasteiger partial charge in [0.05, 0.1) is 11.0 Å². The molecule has 4 aliphatic rings. The summed E-state index contributed by atoms with van der Waals surface area (Å²) in [7, 11) is 0. The largest absolute Gasteiger partial charge is 1.00 e. The Morgan fingerprint density at radius 3 is 1.10 bits per heavy atom. The van der Waals surface area contributed by atoms with E-state index in [-0.39, 0.29) is 36.8 Å². The topological polar surface area (TPSA) is 14.2 Å². The fraction of sp³-hybridized carbons (Fsp3) is 0.0538. The van der Waals surface area contributed by atoms with Gasteiger partial charge in [-0.2, -0.15) is 0 Å². The maximum atomic E-state index is 11.9. The zero-order chi connectivity index (χ0) is 63.6. The van der Waals surface area contributed by atoms with Crippen LogP contribution in [0.4, 0.5) is 4.39 Å². The first-order valence-electron chi connectivity index (χ1n) is 33.6. The molecule has 21 rings (SSSR count). The molecule has 1 aromatic heterocycles. The molecule has 3 aliphatic carbocycles. The molecule has 2 heterocycles. The molecule has 16 aromatic carbocycles. The number of halogens is 1. The van der Waals surface area contributed by atoms with Crippen molar-refractivity contribution in [2.75, 3.05) is 13.2 Å². The van der Waals surface area contributed by atoms with Crippen LogP contribution < -0.4 is 29.6 Å². The van der Waals surface area contributed by atoms with Crippen molar-refractivity contribution < 1.29 is 40.1 Å². The van der Waals surface area contributed by atoms with Gasteiger partial charge in [0.25, 0.3) is 0 Å². The number of hydrogen-bond acceptors (Lipinski definition) is 1. The van der Waals surface area contributed by atoms with E-state index in [1.54, 1.807) is 18.2 Å². The average molecular weight is 1250 g/mol. The molecule has 1 saturated heterocycles. The van der Waals surface area contributed by atoms with Crippen LogP contribution in [0.1, 0.15) is 25.4 Å². The number of ether oxygens (including phenoxy) is 1. The van der Waals surface area contributed by atoms with Crippen LogP contribution in [-0.4, -0.2) is 17.8 Å². The minimum absolute atomic E-state index is 0. The van der Waals surface area contributed by atoms with Crippen molar-refractivity contribution in [2.45, 2.75) is 19.3 Å². The summed E-state index contributed by atoms with van der Waals surface area (Å²) in [4.78, 5) is 0. The molecular formula is C93H65FNNaO. The first-order chi connectivity index (χ1) is 47.7. The van der Waals surface area contributed by atoms with Gasteiger partial charge in [0.2, 0.25) is 0 Å². The van der Waals surface area contributed by atoms with Gasteiger partial charge < -0.3 is 10.7 Å². The molecule has 0 radical (unpaired) electrons. The molecule has 0 amide bonds. The van der Waals surface area contributed by atoms with Crippen LogP contribution in [0.3, 0.4) is 0 Å². The maximum absolute atomic E-state index is 11.9. The standard InChI is InChI=1S/C44H27N.C39H24.C6H5F.C4H8O.Na.H/c1-4-15-28(16-5-1)39-31-21-10-11-22-32(31)40(29-17-6-2-7-18-29)44-36-27-38-42(34-24-14-25-35(41(34)36)43(39)44)33-23-12-13-26-37(33)45(38)30-19-8-3-9-20-30;1-3-12-24(13-4-1)35-29-18-9-10-19-30(29)36(25-14-5-2-6-15-25)39-33-23-27-22-26-16-7-8-17-28(26)34(27)31-20-11-21-32(37(31)33)38(35)39;7-6-4-2-1-3-5-6;1-2-4-5-3-1;;/h1-27H;1-21,23H,22H2;1-5H;1-4H2;;/q;;;;+1;-1. The molecule has 0 unspecified atom stereocenters. The van der Waals surface area contributed by atoms with E-state index in [4.69, 9.17) is 4.74 Å². The molecule has 1 aliphatic heterocycles. The third kappa shape index (κ3) is 10.1. The summed E-state index contributed by atoms with van der Waals surface area (Å²) in [5.74, 6) is -0.178. The summed E-state index contributed by atoms with van der Waals surface area (Å²) in [5.41, 5.74) is 30.4. The van der Waals surface area contributed by atoms with Gasteiger partial charge in [0.1, 0.15) is 5.82 Å². The van der Waals surface area contributed by atoms with Crippen LogP contribution in [0.15, 0.2) is 328 Å². The van der Waals surface area contributed by atoms with Crippen LogP contribution in [-0.2, 0) is 11.2 Å². The summed E-state index contributed by atoms with van der Waals surface area (Å²) >= 11 is 0. The Kier molecular flexibility index (Phi) is 15.7. The molecule has 0 saturated carbocycles. The van der Waals surface area contributed by atoms with E-state index in [0.29, 0.717) is 0 Å². The molecule has 17 aromatic rings. The van der Waals surface area contributed by atoms with Crippen molar-refractivity contribution in [3.05, 3.63) is 345 Å². The summed E-state index contributed by atoms with van der Waals surface area (Å²) < 4.78 is 19.3. The van der Waals surface area contributed by atoms with Crippen molar-refractivity contribution in [1.29, 1.82) is 0 Å². The van der Waals surface area contributed by atoms with E-state index in [2.05, 4.69) is 302 Å². The number of fused-ring (bicyclic) bond motifs is 16. The summed E-state index contributed by atoms with van der Waals surface area (Å²) in [6.07, 6.45) is 3.55. The van der Waals surface area contributed by atoms with Crippen LogP contribution in [0, 0.1) is 5.82 Å². The normalized spacial score (nSPS) is 12.5. The van der Waals surface area contributed by atoms with Gasteiger partial charge in [0.15, 0.2) is 0 Å². The van der Waals surface area contributed by atoms with Gasteiger partial charge in [-0.3, -0.25) is 0 Å². The molecular weight excluding hydrogens is 1190 g/mol. The van der Waals surface area contributed by atoms with E-state index in [1.165, 1.54) is 207 Å². The molecule has 456 valence electrons. The van der Waals surface area contributed by atoms with Crippen molar-refractivity contribution >= 4 is 64.9 Å². The smallest absolute Gasteiger partial charge is 1.00 e.